The largest absolute Gasteiger partial charge is 0.504 e. The highest BCUT2D eigenvalue weighted by Crippen LogP contribution is 2.32. The SMILES string of the molecule is C[C@H](O)[C@@H]1NC(=O)[C@@H](NC(=O)c2ccc(-c3ccc(N4CCN(C5CCCCC5)CC4)cc3)cc2)C[C@H](O)CNC(=O)[C@@H]2[C@@H](O)[C@H](C)CN2C(=O)[C@H]([C@H](O)CCN)NC(=O)[C@H]([C@H](O)Cc2ccc(O)c(OSOOO)c2)NC(=O)[C@@H]2C[C@H](O)CN2C1=O. The van der Waals surface area contributed by atoms with E-state index >= 15 is 0 Å². The molecule has 3 aromatic rings. The molecule has 28 nitrogen and oxygen atoms in total. The number of benzene rings is 3. The maximum absolute atomic E-state index is 14.7. The monoisotopic (exact) mass is 1240 g/mol. The first-order chi connectivity index (χ1) is 41.6. The van der Waals surface area contributed by atoms with Gasteiger partial charge in [0.15, 0.2) is 11.5 Å². The summed E-state index contributed by atoms with van der Waals surface area (Å²) in [6.07, 6.45) is -5.63. The smallest absolute Gasteiger partial charge is 0.261 e. The number of piperazine rings is 1. The van der Waals surface area contributed by atoms with Gasteiger partial charge in [0, 0.05) is 88.3 Å². The lowest BCUT2D eigenvalue weighted by atomic mass is 9.94. The number of fused-ring (bicyclic) bond motifs is 2. The summed E-state index contributed by atoms with van der Waals surface area (Å²) < 4.78 is 9.34. The Morgan fingerprint density at radius 2 is 1.39 bits per heavy atom. The molecule has 1 saturated carbocycles. The number of hydrogen-bond acceptors (Lipinski definition) is 22. The standard InChI is InChI=1S/C58H80N10O18S/c1-31-29-68-50(51(31)75)56(80)60-28-39(70)26-41(61-52(76)36-11-9-34(10-12-36)35-13-15-38(16-14-35)66-22-20-65(21-23-66)37-6-4-3-5-7-37)53(77)62-47(32(2)69)57(81)67-30-40(71)27-42(67)54(78)63-48(55(79)64-49(58(68)82)44(73)18-19-59)45(74)24-33-8-17-43(72)46(25-33)84-87-86-85-83/h8-17,25,31-32,37,39-42,44-45,47-51,69-75,83H,3-7,18-24,26-30,59H2,1-2H3,(H,60,80)(H,61,76)(H,62,77)(H,63,78)(H,64,79)/t31-,32+,39+,40+,41+,42+,44-,45-,47+,48+,49+,50+,51+/m1/s1. The molecule has 1 aliphatic carbocycles. The highest BCUT2D eigenvalue weighted by atomic mass is 32.2. The number of aromatic hydroxyl groups is 1. The van der Waals surface area contributed by atoms with Crippen LogP contribution in [0, 0.1) is 5.92 Å². The number of carbonyl (C=O) groups excluding carboxylic acids is 7. The number of phenolic OH excluding ortho intramolecular Hbond substituents is 1. The van der Waals surface area contributed by atoms with Crippen molar-refractivity contribution >= 4 is 59.4 Å². The Morgan fingerprint density at radius 3 is 2.05 bits per heavy atom. The third-order valence-corrected chi connectivity index (χ3v) is 17.3. The molecular weight excluding hydrogens is 1160 g/mol. The van der Waals surface area contributed by atoms with Crippen LogP contribution in [0.15, 0.2) is 66.7 Å². The minimum absolute atomic E-state index is 0.0871. The zero-order valence-corrected chi connectivity index (χ0v) is 49.2. The third-order valence-electron chi connectivity index (χ3n) is 17.0. The van der Waals surface area contributed by atoms with Gasteiger partial charge in [0.1, 0.15) is 36.3 Å². The molecule has 87 heavy (non-hydrogen) atoms. The van der Waals surface area contributed by atoms with E-state index in [1.54, 1.807) is 12.1 Å². The van der Waals surface area contributed by atoms with Crippen LogP contribution in [-0.4, -0.2) is 228 Å². The molecule has 5 aliphatic rings. The maximum atomic E-state index is 14.7. The van der Waals surface area contributed by atoms with E-state index in [0.29, 0.717) is 6.04 Å². The van der Waals surface area contributed by atoms with Crippen LogP contribution < -0.4 is 41.4 Å². The molecule has 0 spiro atoms. The lowest BCUT2D eigenvalue weighted by molar-refractivity contribution is -0.433. The van der Waals surface area contributed by atoms with E-state index in [-0.39, 0.29) is 48.7 Å². The minimum Gasteiger partial charge on any atom is -0.504 e. The fraction of sp³-hybridized carbons (Fsp3) is 0.569. The van der Waals surface area contributed by atoms with Gasteiger partial charge >= 0.3 is 0 Å². The van der Waals surface area contributed by atoms with Gasteiger partial charge in [0.05, 0.1) is 36.6 Å². The van der Waals surface area contributed by atoms with Crippen molar-refractivity contribution in [2.75, 3.05) is 57.3 Å². The molecule has 0 radical (unpaired) electrons. The molecule has 4 heterocycles. The van der Waals surface area contributed by atoms with E-state index in [1.165, 1.54) is 63.3 Å². The van der Waals surface area contributed by atoms with Gasteiger partial charge in [-0.2, -0.15) is 0 Å². The average Bonchev–Trinajstić information content (AvgIpc) is 1.99. The molecule has 0 unspecified atom stereocenters. The molecule has 4 aliphatic heterocycles. The van der Waals surface area contributed by atoms with Crippen molar-refractivity contribution in [1.29, 1.82) is 0 Å². The maximum Gasteiger partial charge on any atom is 0.261 e. The number of rotatable bonds is 16. The van der Waals surface area contributed by atoms with Gasteiger partial charge in [-0.05, 0) is 85.8 Å². The highest BCUT2D eigenvalue weighted by molar-refractivity contribution is 7.90. The molecule has 15 N–H and O–H groups in total. The average molecular weight is 1240 g/mol. The van der Waals surface area contributed by atoms with Crippen LogP contribution in [0.4, 0.5) is 5.69 Å². The fourth-order valence-corrected chi connectivity index (χ4v) is 12.4. The molecule has 8 rings (SSSR count). The summed E-state index contributed by atoms with van der Waals surface area (Å²) >= 11 is 0.0871. The van der Waals surface area contributed by atoms with Crippen molar-refractivity contribution in [2.45, 2.75) is 151 Å². The van der Waals surface area contributed by atoms with Crippen molar-refractivity contribution < 1.29 is 88.1 Å². The predicted octanol–water partition coefficient (Wildman–Crippen LogP) is -1.83. The molecule has 5 fully saturated rings. The second-order valence-corrected chi connectivity index (χ2v) is 23.5. The number of carbonyl (C=O) groups is 7. The number of phenols is 1. The van der Waals surface area contributed by atoms with Crippen LogP contribution in [0.3, 0.4) is 0 Å². The van der Waals surface area contributed by atoms with Crippen LogP contribution in [0.1, 0.15) is 81.1 Å². The van der Waals surface area contributed by atoms with E-state index in [1.807, 2.05) is 12.1 Å². The number of anilines is 1. The summed E-state index contributed by atoms with van der Waals surface area (Å²) in [6.45, 7) is 4.84. The van der Waals surface area contributed by atoms with Crippen LogP contribution in [0.25, 0.3) is 11.1 Å². The fourth-order valence-electron chi connectivity index (χ4n) is 12.1. The van der Waals surface area contributed by atoms with Gasteiger partial charge in [0.25, 0.3) is 18.2 Å². The Morgan fingerprint density at radius 1 is 0.747 bits per heavy atom. The Labute approximate surface area is 506 Å². The molecule has 3 aromatic carbocycles. The number of nitrogens with two attached hydrogens (primary N) is 1. The van der Waals surface area contributed by atoms with Crippen molar-refractivity contribution in [2.24, 2.45) is 11.7 Å². The van der Waals surface area contributed by atoms with Gasteiger partial charge in [-0.3, -0.25) is 38.5 Å². The number of β-amino-alcohol motifs (C(OH)–C–C–N with tert-alkyl or cyclic N) is 1. The molecule has 13 atom stereocenters. The van der Waals surface area contributed by atoms with Gasteiger partial charge < -0.3 is 86.9 Å². The first-order valence-corrected chi connectivity index (χ1v) is 30.0. The first kappa shape index (κ1) is 66.2. The number of hydrogen-bond donors (Lipinski definition) is 14. The zero-order chi connectivity index (χ0) is 62.6. The van der Waals surface area contributed by atoms with E-state index in [2.05, 4.69) is 57.9 Å². The number of aliphatic hydroxyl groups excluding tert-OH is 6. The van der Waals surface area contributed by atoms with E-state index in [4.69, 9.17) is 15.2 Å². The highest BCUT2D eigenvalue weighted by Gasteiger charge is 2.50. The summed E-state index contributed by atoms with van der Waals surface area (Å²) in [4.78, 5) is 108. The normalized spacial score (nSPS) is 28.0. The van der Waals surface area contributed by atoms with E-state index < -0.39 is 158 Å². The van der Waals surface area contributed by atoms with E-state index in [9.17, 15) is 69.3 Å². The number of nitrogens with one attached hydrogen (secondary N) is 5. The molecular formula is C58H80N10O18S. The topological polar surface area (TPSA) is 408 Å². The summed E-state index contributed by atoms with van der Waals surface area (Å²) in [7, 11) is 0. The van der Waals surface area contributed by atoms with Crippen molar-refractivity contribution in [3.63, 3.8) is 0 Å². The second kappa shape index (κ2) is 30.5. The summed E-state index contributed by atoms with van der Waals surface area (Å²) in [6, 6.07) is 7.93. The first-order valence-electron chi connectivity index (χ1n) is 29.4. The van der Waals surface area contributed by atoms with Gasteiger partial charge in [-0.15, -0.1) is 0 Å². The zero-order valence-electron chi connectivity index (χ0n) is 48.4. The van der Waals surface area contributed by atoms with Crippen molar-refractivity contribution in [3.05, 3.63) is 77.9 Å². The number of amides is 7. The Kier molecular flexibility index (Phi) is 23.2. The second-order valence-electron chi connectivity index (χ2n) is 23.1. The molecule has 0 bridgehead atoms. The summed E-state index contributed by atoms with van der Waals surface area (Å²) in [5.41, 5.74) is 8.80. The quantitative estimate of drug-likeness (QED) is 0.0325. The van der Waals surface area contributed by atoms with Crippen LogP contribution in [-0.2, 0) is 44.6 Å². The van der Waals surface area contributed by atoms with Crippen molar-refractivity contribution in [3.8, 4) is 22.6 Å². The predicted molar refractivity (Wildman–Crippen MR) is 312 cm³/mol. The Bertz CT molecular complexity index is 2860. The van der Waals surface area contributed by atoms with Crippen LogP contribution >= 0.6 is 12.3 Å². The van der Waals surface area contributed by atoms with Crippen molar-refractivity contribution in [1.82, 2.24) is 41.3 Å². The van der Waals surface area contributed by atoms with Crippen LogP contribution in [0.2, 0.25) is 0 Å². The molecule has 476 valence electrons. The summed E-state index contributed by atoms with van der Waals surface area (Å²) in [5.74, 6) is -9.13. The van der Waals surface area contributed by atoms with Gasteiger partial charge in [-0.25, -0.2) is 5.26 Å². The lowest BCUT2D eigenvalue weighted by Crippen LogP contribution is -2.64. The molecule has 4 saturated heterocycles. The molecule has 0 aromatic heterocycles. The number of aliphatic hydroxyl groups is 6. The Hall–Kier alpha value is -6.74. The minimum atomic E-state index is -2.09. The lowest BCUT2D eigenvalue weighted by Gasteiger charge is -2.41. The van der Waals surface area contributed by atoms with Gasteiger partial charge in [-0.1, -0.05) is 65.9 Å². The Balaban J connectivity index is 1.06. The van der Waals surface area contributed by atoms with E-state index in [0.717, 1.165) is 65.8 Å². The van der Waals surface area contributed by atoms with Gasteiger partial charge in [0.2, 0.25) is 35.4 Å². The number of nitrogens with zero attached hydrogens (tertiary/aromatic N) is 4. The third kappa shape index (κ3) is 16.5. The molecule has 7 amide bonds. The van der Waals surface area contributed by atoms with Crippen LogP contribution in [0.5, 0.6) is 11.5 Å². The molecule has 29 heteroatoms. The summed E-state index contributed by atoms with van der Waals surface area (Å²) in [5, 5.41) is 103.